The number of ether oxygens (including phenoxy) is 3. The summed E-state index contributed by atoms with van der Waals surface area (Å²) < 4.78 is 17.9. The van der Waals surface area contributed by atoms with Gasteiger partial charge in [0.2, 0.25) is 5.91 Å². The molecule has 140 valence electrons. The van der Waals surface area contributed by atoms with E-state index in [9.17, 15) is 4.79 Å². The van der Waals surface area contributed by atoms with Gasteiger partial charge in [-0.05, 0) is 26.0 Å². The number of aromatic nitrogens is 2. The number of amides is 1. The smallest absolute Gasteiger partial charge is 0.249 e. The van der Waals surface area contributed by atoms with E-state index in [0.29, 0.717) is 19.8 Å². The highest BCUT2D eigenvalue weighted by atomic mass is 16.5. The Morgan fingerprint density at radius 2 is 2.15 bits per heavy atom. The summed E-state index contributed by atoms with van der Waals surface area (Å²) in [7, 11) is 3.18. The molecule has 1 unspecified atom stereocenters. The lowest BCUT2D eigenvalue weighted by molar-refractivity contribution is -0.144. The van der Waals surface area contributed by atoms with E-state index in [1.807, 2.05) is 47.7 Å². The van der Waals surface area contributed by atoms with Gasteiger partial charge in [0, 0.05) is 31.0 Å². The van der Waals surface area contributed by atoms with Crippen molar-refractivity contribution in [2.45, 2.75) is 19.9 Å². The third-order valence-electron chi connectivity index (χ3n) is 4.70. The molecule has 2 aromatic rings. The van der Waals surface area contributed by atoms with E-state index in [-0.39, 0.29) is 18.6 Å². The van der Waals surface area contributed by atoms with Crippen LogP contribution in [0, 0.1) is 13.8 Å². The fourth-order valence-corrected chi connectivity index (χ4v) is 3.48. The minimum Gasteiger partial charge on any atom is -0.497 e. The molecule has 26 heavy (non-hydrogen) atoms. The molecular weight excluding hydrogens is 334 g/mol. The molecule has 1 fully saturated rings. The van der Waals surface area contributed by atoms with Gasteiger partial charge < -0.3 is 19.1 Å². The van der Waals surface area contributed by atoms with E-state index in [4.69, 9.17) is 19.3 Å². The first-order valence-corrected chi connectivity index (χ1v) is 8.63. The first-order chi connectivity index (χ1) is 12.6. The Morgan fingerprint density at radius 3 is 2.88 bits per heavy atom. The number of nitrogens with zero attached hydrogens (tertiary/aromatic N) is 3. The molecule has 1 amide bonds. The van der Waals surface area contributed by atoms with Crippen LogP contribution in [-0.4, -0.2) is 61.2 Å². The normalized spacial score (nSPS) is 17.4. The summed E-state index contributed by atoms with van der Waals surface area (Å²) in [6.45, 7) is 5.60. The van der Waals surface area contributed by atoms with Gasteiger partial charge in [-0.15, -0.1) is 0 Å². The van der Waals surface area contributed by atoms with Gasteiger partial charge in [0.1, 0.15) is 12.4 Å². The van der Waals surface area contributed by atoms with E-state index in [1.54, 1.807) is 7.11 Å². The summed E-state index contributed by atoms with van der Waals surface area (Å²) in [4.78, 5) is 14.3. The lowest BCUT2D eigenvalue weighted by atomic mass is 10.0. The lowest BCUT2D eigenvalue weighted by Crippen LogP contribution is -2.45. The summed E-state index contributed by atoms with van der Waals surface area (Å²) in [5.74, 6) is 0.739. The molecule has 0 radical (unpaired) electrons. The molecule has 7 heteroatoms. The Bertz CT molecular complexity index is 787. The van der Waals surface area contributed by atoms with Crippen LogP contribution in [0.4, 0.5) is 0 Å². The van der Waals surface area contributed by atoms with Crippen LogP contribution in [0.3, 0.4) is 0 Å². The van der Waals surface area contributed by atoms with Gasteiger partial charge in [-0.25, -0.2) is 4.68 Å². The first kappa shape index (κ1) is 18.4. The van der Waals surface area contributed by atoms with Gasteiger partial charge in [0.15, 0.2) is 0 Å². The predicted molar refractivity (Wildman–Crippen MR) is 96.7 cm³/mol. The van der Waals surface area contributed by atoms with Crippen molar-refractivity contribution in [1.29, 1.82) is 0 Å². The quantitative estimate of drug-likeness (QED) is 0.817. The summed E-state index contributed by atoms with van der Waals surface area (Å²) >= 11 is 0. The minimum atomic E-state index is -0.161. The molecule has 1 aromatic heterocycles. The second-order valence-electron chi connectivity index (χ2n) is 6.31. The maximum absolute atomic E-state index is 12.5. The van der Waals surface area contributed by atoms with E-state index < -0.39 is 0 Å². The molecule has 2 heterocycles. The maximum Gasteiger partial charge on any atom is 0.249 e. The summed E-state index contributed by atoms with van der Waals surface area (Å²) in [6, 6.07) is 7.59. The van der Waals surface area contributed by atoms with E-state index in [1.165, 1.54) is 7.11 Å². The zero-order valence-electron chi connectivity index (χ0n) is 15.7. The molecule has 3 rings (SSSR count). The molecular formula is C19H25N3O4. The van der Waals surface area contributed by atoms with Crippen LogP contribution in [0.1, 0.15) is 23.0 Å². The van der Waals surface area contributed by atoms with Crippen LogP contribution in [-0.2, 0) is 14.3 Å². The van der Waals surface area contributed by atoms with Gasteiger partial charge in [0.25, 0.3) is 0 Å². The highest BCUT2D eigenvalue weighted by Crippen LogP contribution is 2.31. The number of methoxy groups -OCH3 is 2. The average molecular weight is 359 g/mol. The van der Waals surface area contributed by atoms with Crippen LogP contribution in [0.5, 0.6) is 5.75 Å². The van der Waals surface area contributed by atoms with Crippen LogP contribution < -0.4 is 4.74 Å². The average Bonchev–Trinajstić information content (AvgIpc) is 2.96. The molecule has 0 bridgehead atoms. The summed E-state index contributed by atoms with van der Waals surface area (Å²) in [5, 5.41) is 4.71. The second kappa shape index (κ2) is 7.88. The highest BCUT2D eigenvalue weighted by Gasteiger charge is 2.32. The third-order valence-corrected chi connectivity index (χ3v) is 4.70. The third kappa shape index (κ3) is 3.45. The zero-order chi connectivity index (χ0) is 18.7. The van der Waals surface area contributed by atoms with Crippen LogP contribution in [0.2, 0.25) is 0 Å². The number of benzene rings is 1. The number of hydrogen-bond donors (Lipinski definition) is 0. The van der Waals surface area contributed by atoms with Crippen molar-refractivity contribution in [3.05, 3.63) is 41.2 Å². The maximum atomic E-state index is 12.5. The number of aryl methyl sites for hydroxylation is 1. The topological polar surface area (TPSA) is 65.8 Å². The molecule has 0 aliphatic carbocycles. The molecule has 1 aromatic carbocycles. The molecule has 0 spiro atoms. The molecule has 1 saturated heterocycles. The van der Waals surface area contributed by atoms with Crippen molar-refractivity contribution >= 4 is 5.91 Å². The van der Waals surface area contributed by atoms with Crippen LogP contribution >= 0.6 is 0 Å². The Labute approximate surface area is 153 Å². The second-order valence-corrected chi connectivity index (χ2v) is 6.31. The van der Waals surface area contributed by atoms with Gasteiger partial charge >= 0.3 is 0 Å². The van der Waals surface area contributed by atoms with Crippen molar-refractivity contribution in [3.8, 4) is 11.4 Å². The van der Waals surface area contributed by atoms with Gasteiger partial charge in [-0.1, -0.05) is 6.07 Å². The number of carbonyl (C=O) groups excluding carboxylic acids is 1. The van der Waals surface area contributed by atoms with Gasteiger partial charge in [-0.2, -0.15) is 5.10 Å². The molecule has 0 N–H and O–H groups in total. The van der Waals surface area contributed by atoms with Gasteiger partial charge in [-0.3, -0.25) is 4.79 Å². The molecule has 0 saturated carbocycles. The monoisotopic (exact) mass is 359 g/mol. The molecule has 7 nitrogen and oxygen atoms in total. The molecule has 1 aliphatic rings. The van der Waals surface area contributed by atoms with Crippen molar-refractivity contribution in [1.82, 2.24) is 14.7 Å². The number of carbonyl (C=O) groups is 1. The largest absolute Gasteiger partial charge is 0.497 e. The van der Waals surface area contributed by atoms with Crippen molar-refractivity contribution < 1.29 is 19.0 Å². The number of morpholine rings is 1. The van der Waals surface area contributed by atoms with Crippen molar-refractivity contribution in [3.63, 3.8) is 0 Å². The Morgan fingerprint density at radius 1 is 1.35 bits per heavy atom. The minimum absolute atomic E-state index is 0.0336. The standard InChI is InChI=1S/C19H25N3O4/c1-13-19(17-11-26-9-8-21(17)18(23)12-24-3)14(2)22(20-13)15-6-5-7-16(10-15)25-4/h5-7,10,17H,8-9,11-12H2,1-4H3. The van der Waals surface area contributed by atoms with Crippen LogP contribution in [0.25, 0.3) is 5.69 Å². The lowest BCUT2D eigenvalue weighted by Gasteiger charge is -2.36. The Hall–Kier alpha value is -2.38. The van der Waals surface area contributed by atoms with E-state index in [2.05, 4.69) is 0 Å². The number of rotatable bonds is 5. The Balaban J connectivity index is 1.99. The van der Waals surface area contributed by atoms with Crippen LogP contribution in [0.15, 0.2) is 24.3 Å². The fourth-order valence-electron chi connectivity index (χ4n) is 3.48. The van der Waals surface area contributed by atoms with Gasteiger partial charge in [0.05, 0.1) is 37.7 Å². The fraction of sp³-hybridized carbons (Fsp3) is 0.474. The predicted octanol–water partition coefficient (Wildman–Crippen LogP) is 2.04. The van der Waals surface area contributed by atoms with E-state index >= 15 is 0 Å². The molecule has 1 aliphatic heterocycles. The highest BCUT2D eigenvalue weighted by molar-refractivity contribution is 5.78. The van der Waals surface area contributed by atoms with Crippen molar-refractivity contribution in [2.75, 3.05) is 40.6 Å². The first-order valence-electron chi connectivity index (χ1n) is 8.63. The summed E-state index contributed by atoms with van der Waals surface area (Å²) in [5.41, 5.74) is 3.82. The molecule has 1 atom stereocenters. The Kier molecular flexibility index (Phi) is 5.58. The SMILES string of the molecule is COCC(=O)N1CCOCC1c1c(C)nn(-c2cccc(OC)c2)c1C. The van der Waals surface area contributed by atoms with E-state index in [0.717, 1.165) is 28.4 Å². The zero-order valence-corrected chi connectivity index (χ0v) is 15.7. The number of hydrogen-bond acceptors (Lipinski definition) is 5. The van der Waals surface area contributed by atoms with Crippen molar-refractivity contribution in [2.24, 2.45) is 0 Å². The summed E-state index contributed by atoms with van der Waals surface area (Å²) in [6.07, 6.45) is 0.